The van der Waals surface area contributed by atoms with Gasteiger partial charge in [-0.15, -0.1) is 22.7 Å². The van der Waals surface area contributed by atoms with Gasteiger partial charge in [-0.3, -0.25) is 14.9 Å². The van der Waals surface area contributed by atoms with Crippen molar-refractivity contribution in [2.45, 2.75) is 32.2 Å². The molecular weight excluding hydrogens is 390 g/mol. The smallest absolute Gasteiger partial charge is 0.267 e. The molecule has 0 radical (unpaired) electrons. The first kappa shape index (κ1) is 17.6. The lowest BCUT2D eigenvalue weighted by Crippen LogP contribution is -2.36. The van der Waals surface area contributed by atoms with E-state index in [2.05, 4.69) is 23.3 Å². The Morgan fingerprint density at radius 3 is 2.82 bits per heavy atom. The highest BCUT2D eigenvalue weighted by atomic mass is 32.1. The summed E-state index contributed by atoms with van der Waals surface area (Å²) >= 11 is 2.83. The lowest BCUT2D eigenvalue weighted by Gasteiger charge is -2.22. The summed E-state index contributed by atoms with van der Waals surface area (Å²) in [6.07, 6.45) is 2.91. The number of carbonyl (C=O) groups is 2. The molecule has 1 aliphatic carbocycles. The minimum atomic E-state index is -0.132. The van der Waals surface area contributed by atoms with E-state index in [1.165, 1.54) is 28.2 Å². The normalized spacial score (nSPS) is 18.2. The molecule has 3 aromatic rings. The summed E-state index contributed by atoms with van der Waals surface area (Å²) in [6.45, 7) is 2.11. The van der Waals surface area contributed by atoms with Crippen LogP contribution in [0.3, 0.4) is 0 Å². The summed E-state index contributed by atoms with van der Waals surface area (Å²) in [5.74, 6) is 0.361. The monoisotopic (exact) mass is 409 g/mol. The lowest BCUT2D eigenvalue weighted by molar-refractivity contribution is -0.120. The van der Waals surface area contributed by atoms with Crippen LogP contribution in [0.4, 0.5) is 10.8 Å². The molecule has 0 saturated heterocycles. The molecule has 28 heavy (non-hydrogen) atoms. The molecule has 1 N–H and O–H groups in total. The Bertz CT molecular complexity index is 1050. The molecular formula is C21H19N3O2S2. The van der Waals surface area contributed by atoms with Crippen molar-refractivity contribution in [3.05, 3.63) is 51.5 Å². The maximum absolute atomic E-state index is 12.6. The highest BCUT2D eigenvalue weighted by Crippen LogP contribution is 2.40. The molecule has 0 spiro atoms. The molecule has 1 atom stereocenters. The van der Waals surface area contributed by atoms with Gasteiger partial charge in [0.15, 0.2) is 5.13 Å². The van der Waals surface area contributed by atoms with Gasteiger partial charge in [0.2, 0.25) is 5.91 Å². The average Bonchev–Trinajstić information content (AvgIpc) is 3.07. The van der Waals surface area contributed by atoms with Gasteiger partial charge in [0.05, 0.1) is 10.6 Å². The maximum atomic E-state index is 12.6. The summed E-state index contributed by atoms with van der Waals surface area (Å²) in [7, 11) is 0. The summed E-state index contributed by atoms with van der Waals surface area (Å²) < 4.78 is 0. The molecule has 3 heterocycles. The first-order valence-electron chi connectivity index (χ1n) is 9.37. The Hall–Kier alpha value is -2.51. The van der Waals surface area contributed by atoms with Crippen LogP contribution in [0, 0.1) is 5.92 Å². The molecule has 1 saturated carbocycles. The third-order valence-electron chi connectivity index (χ3n) is 5.22. The zero-order valence-electron chi connectivity index (χ0n) is 15.3. The Kier molecular flexibility index (Phi) is 4.29. The minimum absolute atomic E-state index is 0.132. The van der Waals surface area contributed by atoms with Gasteiger partial charge < -0.3 is 4.90 Å². The highest BCUT2D eigenvalue weighted by Gasteiger charge is 2.39. The van der Waals surface area contributed by atoms with Crippen LogP contribution < -0.4 is 10.2 Å². The predicted octanol–water partition coefficient (Wildman–Crippen LogP) is 4.81. The van der Waals surface area contributed by atoms with E-state index < -0.39 is 0 Å². The molecule has 5 nitrogen and oxygen atoms in total. The molecule has 1 fully saturated rings. The lowest BCUT2D eigenvalue weighted by atomic mass is 10.1. The second kappa shape index (κ2) is 6.83. The zero-order chi connectivity index (χ0) is 19.3. The van der Waals surface area contributed by atoms with Crippen LogP contribution in [0.15, 0.2) is 41.1 Å². The third-order valence-corrected chi connectivity index (χ3v) is 6.85. The summed E-state index contributed by atoms with van der Waals surface area (Å²) in [5.41, 5.74) is 4.08. The van der Waals surface area contributed by atoms with Gasteiger partial charge in [-0.25, -0.2) is 4.98 Å². The molecule has 142 valence electrons. The molecule has 2 aliphatic rings. The van der Waals surface area contributed by atoms with E-state index in [0.717, 1.165) is 36.2 Å². The number of anilines is 2. The Labute approximate surface area is 171 Å². The van der Waals surface area contributed by atoms with Crippen molar-refractivity contribution in [3.63, 3.8) is 0 Å². The SMILES string of the molecule is C[C@H]1Cc2cc(-c3csc(NC(=O)c4cccs4)n3)ccc2N1C(=O)C1CC1. The van der Waals surface area contributed by atoms with Crippen LogP contribution in [0.2, 0.25) is 0 Å². The van der Waals surface area contributed by atoms with Crippen molar-refractivity contribution < 1.29 is 9.59 Å². The second-order valence-corrected chi connectivity index (χ2v) is 9.15. The maximum Gasteiger partial charge on any atom is 0.267 e. The topological polar surface area (TPSA) is 62.3 Å². The summed E-state index contributed by atoms with van der Waals surface area (Å²) in [5, 5.41) is 7.29. The van der Waals surface area contributed by atoms with Crippen molar-refractivity contribution in [2.24, 2.45) is 5.92 Å². The van der Waals surface area contributed by atoms with Gasteiger partial charge >= 0.3 is 0 Å². The number of hydrogen-bond acceptors (Lipinski definition) is 5. The van der Waals surface area contributed by atoms with Gasteiger partial charge in [-0.1, -0.05) is 12.1 Å². The van der Waals surface area contributed by atoms with Crippen molar-refractivity contribution in [3.8, 4) is 11.3 Å². The van der Waals surface area contributed by atoms with E-state index in [9.17, 15) is 9.59 Å². The standard InChI is InChI=1S/C21H19N3O2S2/c1-12-9-15-10-14(6-7-17(15)24(12)20(26)13-4-5-13)16-11-28-21(22-16)23-19(25)18-3-2-8-27-18/h2-3,6-8,10-13H,4-5,9H2,1H3,(H,22,23,25)/t12-/m0/s1. The molecule has 5 rings (SSSR count). The molecule has 1 aliphatic heterocycles. The van der Waals surface area contributed by atoms with Crippen LogP contribution >= 0.6 is 22.7 Å². The van der Waals surface area contributed by atoms with Crippen LogP contribution in [0.1, 0.15) is 35.0 Å². The zero-order valence-corrected chi connectivity index (χ0v) is 17.0. The van der Waals surface area contributed by atoms with Crippen molar-refractivity contribution in [1.82, 2.24) is 4.98 Å². The van der Waals surface area contributed by atoms with Crippen molar-refractivity contribution >= 4 is 45.3 Å². The largest absolute Gasteiger partial charge is 0.309 e. The summed E-state index contributed by atoms with van der Waals surface area (Å²) in [4.78, 5) is 32.0. The number of carbonyl (C=O) groups excluding carboxylic acids is 2. The fourth-order valence-electron chi connectivity index (χ4n) is 3.68. The minimum Gasteiger partial charge on any atom is -0.309 e. The van der Waals surface area contributed by atoms with E-state index >= 15 is 0 Å². The van der Waals surface area contributed by atoms with Crippen LogP contribution in [0.5, 0.6) is 0 Å². The van der Waals surface area contributed by atoms with E-state index in [4.69, 9.17) is 0 Å². The van der Waals surface area contributed by atoms with Gasteiger partial charge in [0.1, 0.15) is 0 Å². The fraction of sp³-hybridized carbons (Fsp3) is 0.286. The van der Waals surface area contributed by atoms with Crippen molar-refractivity contribution in [2.75, 3.05) is 10.2 Å². The molecule has 2 amide bonds. The second-order valence-electron chi connectivity index (χ2n) is 7.35. The number of rotatable bonds is 4. The van der Waals surface area contributed by atoms with E-state index in [1.807, 2.05) is 33.9 Å². The molecule has 1 aromatic carbocycles. The molecule has 2 aromatic heterocycles. The molecule has 0 unspecified atom stereocenters. The number of nitrogens with one attached hydrogen (secondary N) is 1. The van der Waals surface area contributed by atoms with E-state index in [-0.39, 0.29) is 23.8 Å². The van der Waals surface area contributed by atoms with Crippen molar-refractivity contribution in [1.29, 1.82) is 0 Å². The number of benzene rings is 1. The van der Waals surface area contributed by atoms with Gasteiger partial charge in [0, 0.05) is 28.6 Å². The number of thiazole rings is 1. The first-order chi connectivity index (χ1) is 13.6. The van der Waals surface area contributed by atoms with Gasteiger partial charge in [-0.05, 0) is 55.3 Å². The summed E-state index contributed by atoms with van der Waals surface area (Å²) in [6, 6.07) is 10.0. The third kappa shape index (κ3) is 3.14. The van der Waals surface area contributed by atoms with Crippen LogP contribution in [-0.2, 0) is 11.2 Å². The highest BCUT2D eigenvalue weighted by molar-refractivity contribution is 7.14. The van der Waals surface area contributed by atoms with Crippen LogP contribution in [-0.4, -0.2) is 22.8 Å². The number of nitrogens with zero attached hydrogens (tertiary/aromatic N) is 2. The molecule has 0 bridgehead atoms. The number of fused-ring (bicyclic) bond motifs is 1. The Balaban J connectivity index is 1.37. The average molecular weight is 410 g/mol. The predicted molar refractivity (Wildman–Crippen MR) is 113 cm³/mol. The van der Waals surface area contributed by atoms with E-state index in [0.29, 0.717) is 10.0 Å². The first-order valence-corrected chi connectivity index (χ1v) is 11.1. The number of hydrogen-bond donors (Lipinski definition) is 1. The van der Waals surface area contributed by atoms with Crippen LogP contribution in [0.25, 0.3) is 11.3 Å². The fourth-order valence-corrected chi connectivity index (χ4v) is 5.02. The number of aromatic nitrogens is 1. The Morgan fingerprint density at radius 2 is 2.07 bits per heavy atom. The Morgan fingerprint density at radius 1 is 1.21 bits per heavy atom. The van der Waals surface area contributed by atoms with E-state index in [1.54, 1.807) is 6.07 Å². The quantitative estimate of drug-likeness (QED) is 0.672. The molecule has 7 heteroatoms. The van der Waals surface area contributed by atoms with Gasteiger partial charge in [0.25, 0.3) is 5.91 Å². The number of amides is 2. The number of thiophene rings is 1. The van der Waals surface area contributed by atoms with Gasteiger partial charge in [-0.2, -0.15) is 0 Å².